The first-order valence-corrected chi connectivity index (χ1v) is 8.09. The molecule has 1 amide bonds. The Morgan fingerprint density at radius 2 is 2.05 bits per heavy atom. The van der Waals surface area contributed by atoms with Crippen LogP contribution in [0.2, 0.25) is 0 Å². The van der Waals surface area contributed by atoms with Crippen molar-refractivity contribution in [2.24, 2.45) is 17.1 Å². The van der Waals surface area contributed by atoms with Crippen LogP contribution in [0.1, 0.15) is 45.2 Å². The van der Waals surface area contributed by atoms with Crippen LogP contribution in [0.25, 0.3) is 0 Å². The molecule has 0 aliphatic carbocycles. The normalized spacial score (nSPS) is 23.8. The van der Waals surface area contributed by atoms with Crippen LogP contribution in [0.3, 0.4) is 0 Å². The fraction of sp³-hybridized carbons (Fsp3) is 0.611. The largest absolute Gasteiger partial charge is 0.377 e. The number of rotatable bonds is 4. The lowest BCUT2D eigenvalue weighted by atomic mass is 9.78. The summed E-state index contributed by atoms with van der Waals surface area (Å²) in [4.78, 5) is 12.3. The summed E-state index contributed by atoms with van der Waals surface area (Å²) in [7, 11) is 0. The number of nitrogens with one attached hydrogen (secondary N) is 1. The number of hydrogen-bond donors (Lipinski definition) is 2. The first-order valence-electron chi connectivity index (χ1n) is 8.09. The van der Waals surface area contributed by atoms with E-state index >= 15 is 0 Å². The van der Waals surface area contributed by atoms with Gasteiger partial charge in [0.05, 0.1) is 6.10 Å². The molecule has 1 fully saturated rings. The van der Waals surface area contributed by atoms with E-state index in [1.165, 1.54) is 0 Å². The second-order valence-corrected chi connectivity index (χ2v) is 7.19. The van der Waals surface area contributed by atoms with Crippen molar-refractivity contribution in [1.29, 1.82) is 0 Å². The Kier molecular flexibility index (Phi) is 5.59. The second-order valence-electron chi connectivity index (χ2n) is 7.19. The zero-order chi connectivity index (χ0) is 16.2. The van der Waals surface area contributed by atoms with Crippen molar-refractivity contribution >= 4 is 5.91 Å². The van der Waals surface area contributed by atoms with E-state index in [-0.39, 0.29) is 17.4 Å². The molecule has 0 saturated carbocycles. The highest BCUT2D eigenvalue weighted by Crippen LogP contribution is 2.33. The van der Waals surface area contributed by atoms with E-state index in [0.29, 0.717) is 12.5 Å². The van der Waals surface area contributed by atoms with Crippen molar-refractivity contribution in [3.8, 4) is 0 Å². The maximum absolute atomic E-state index is 12.3. The predicted molar refractivity (Wildman–Crippen MR) is 88.3 cm³/mol. The average Bonchev–Trinajstić information content (AvgIpc) is 2.52. The summed E-state index contributed by atoms with van der Waals surface area (Å²) in [6.07, 6.45) is 2.31. The molecule has 3 unspecified atom stereocenters. The van der Waals surface area contributed by atoms with Gasteiger partial charge in [0.2, 0.25) is 5.91 Å². The van der Waals surface area contributed by atoms with Gasteiger partial charge in [-0.3, -0.25) is 4.79 Å². The summed E-state index contributed by atoms with van der Waals surface area (Å²) >= 11 is 0. The van der Waals surface area contributed by atoms with Crippen LogP contribution >= 0.6 is 0 Å². The Bertz CT molecular complexity index is 482. The number of benzene rings is 1. The molecule has 1 heterocycles. The minimum Gasteiger partial charge on any atom is -0.377 e. The summed E-state index contributed by atoms with van der Waals surface area (Å²) in [5.41, 5.74) is 6.95. The predicted octanol–water partition coefficient (Wildman–Crippen LogP) is 2.64. The van der Waals surface area contributed by atoms with Crippen LogP contribution in [0, 0.1) is 11.3 Å². The molecule has 0 spiro atoms. The van der Waals surface area contributed by atoms with Crippen molar-refractivity contribution < 1.29 is 9.53 Å². The fourth-order valence-electron chi connectivity index (χ4n) is 3.16. The van der Waals surface area contributed by atoms with Crippen LogP contribution in [0.5, 0.6) is 0 Å². The molecule has 1 aliphatic heterocycles. The Labute approximate surface area is 133 Å². The number of carbonyl (C=O) groups is 1. The highest BCUT2D eigenvalue weighted by Gasteiger charge is 2.35. The molecule has 0 aromatic heterocycles. The van der Waals surface area contributed by atoms with Gasteiger partial charge in [-0.2, -0.15) is 0 Å². The van der Waals surface area contributed by atoms with Crippen molar-refractivity contribution in [3.05, 3.63) is 35.9 Å². The molecule has 0 radical (unpaired) electrons. The molecule has 22 heavy (non-hydrogen) atoms. The molecular weight excluding hydrogens is 276 g/mol. The van der Waals surface area contributed by atoms with E-state index in [4.69, 9.17) is 10.5 Å². The topological polar surface area (TPSA) is 64.3 Å². The van der Waals surface area contributed by atoms with Crippen LogP contribution in [-0.2, 0) is 9.53 Å². The second kappa shape index (κ2) is 7.25. The van der Waals surface area contributed by atoms with Gasteiger partial charge in [-0.25, -0.2) is 0 Å². The zero-order valence-corrected chi connectivity index (χ0v) is 13.8. The molecule has 4 nitrogen and oxygen atoms in total. The van der Waals surface area contributed by atoms with E-state index < -0.39 is 6.04 Å². The Balaban J connectivity index is 1.92. The molecule has 3 N–H and O–H groups in total. The van der Waals surface area contributed by atoms with Gasteiger partial charge < -0.3 is 15.8 Å². The quantitative estimate of drug-likeness (QED) is 0.899. The summed E-state index contributed by atoms with van der Waals surface area (Å²) in [6, 6.07) is 8.86. The van der Waals surface area contributed by atoms with Crippen molar-refractivity contribution in [2.75, 3.05) is 13.2 Å². The minimum atomic E-state index is -0.612. The van der Waals surface area contributed by atoms with E-state index in [0.717, 1.165) is 25.0 Å². The maximum atomic E-state index is 12.3. The third-order valence-corrected chi connectivity index (χ3v) is 4.28. The average molecular weight is 304 g/mol. The Hall–Kier alpha value is -1.39. The standard InChI is InChI=1S/C18H28N2O2/c1-18(2,3)16-14(10-7-11-22-16)12-20-17(21)15(19)13-8-5-4-6-9-13/h4-6,8-9,14-16H,7,10-12,19H2,1-3H3,(H,20,21). The smallest absolute Gasteiger partial charge is 0.241 e. The van der Waals surface area contributed by atoms with Gasteiger partial charge in [0.15, 0.2) is 0 Å². The number of carbonyl (C=O) groups excluding carboxylic acids is 1. The van der Waals surface area contributed by atoms with E-state index in [9.17, 15) is 4.79 Å². The van der Waals surface area contributed by atoms with Gasteiger partial charge in [-0.15, -0.1) is 0 Å². The first-order chi connectivity index (χ1) is 10.4. The molecule has 1 aliphatic rings. The molecule has 1 aromatic carbocycles. The van der Waals surface area contributed by atoms with Crippen LogP contribution < -0.4 is 11.1 Å². The minimum absolute atomic E-state index is 0.0807. The van der Waals surface area contributed by atoms with E-state index in [1.54, 1.807) is 0 Å². The van der Waals surface area contributed by atoms with Gasteiger partial charge in [0.1, 0.15) is 6.04 Å². The van der Waals surface area contributed by atoms with Crippen LogP contribution in [-0.4, -0.2) is 25.2 Å². The summed E-state index contributed by atoms with van der Waals surface area (Å²) in [5, 5.41) is 3.01. The monoisotopic (exact) mass is 304 g/mol. The number of hydrogen-bond acceptors (Lipinski definition) is 3. The van der Waals surface area contributed by atoms with Gasteiger partial charge in [0, 0.05) is 19.1 Å². The lowest BCUT2D eigenvalue weighted by molar-refractivity contribution is -0.124. The highest BCUT2D eigenvalue weighted by molar-refractivity contribution is 5.82. The molecular formula is C18H28N2O2. The van der Waals surface area contributed by atoms with E-state index in [1.807, 2.05) is 30.3 Å². The number of nitrogens with two attached hydrogens (primary N) is 1. The molecule has 2 rings (SSSR count). The molecule has 0 bridgehead atoms. The number of ether oxygens (including phenoxy) is 1. The third-order valence-electron chi connectivity index (χ3n) is 4.28. The third kappa shape index (κ3) is 4.31. The van der Waals surface area contributed by atoms with Crippen molar-refractivity contribution in [2.45, 2.75) is 45.8 Å². The highest BCUT2D eigenvalue weighted by atomic mass is 16.5. The summed E-state index contributed by atoms with van der Waals surface area (Å²) in [5.74, 6) is 0.227. The summed E-state index contributed by atoms with van der Waals surface area (Å²) in [6.45, 7) is 8.01. The lowest BCUT2D eigenvalue weighted by Crippen LogP contribution is -2.46. The Morgan fingerprint density at radius 1 is 1.36 bits per heavy atom. The lowest BCUT2D eigenvalue weighted by Gasteiger charge is -2.40. The van der Waals surface area contributed by atoms with E-state index in [2.05, 4.69) is 26.1 Å². The zero-order valence-electron chi connectivity index (χ0n) is 13.8. The van der Waals surface area contributed by atoms with Gasteiger partial charge in [-0.05, 0) is 23.8 Å². The number of amides is 1. The first kappa shape index (κ1) is 17.0. The SMILES string of the molecule is CC(C)(C)C1OCCCC1CNC(=O)C(N)c1ccccc1. The van der Waals surface area contributed by atoms with Crippen LogP contribution in [0.4, 0.5) is 0 Å². The fourth-order valence-corrected chi connectivity index (χ4v) is 3.16. The maximum Gasteiger partial charge on any atom is 0.241 e. The molecule has 122 valence electrons. The van der Waals surface area contributed by atoms with Gasteiger partial charge in [-0.1, -0.05) is 51.1 Å². The van der Waals surface area contributed by atoms with Crippen molar-refractivity contribution in [3.63, 3.8) is 0 Å². The molecule has 4 heteroatoms. The van der Waals surface area contributed by atoms with Gasteiger partial charge >= 0.3 is 0 Å². The Morgan fingerprint density at radius 3 is 2.68 bits per heavy atom. The molecule has 3 atom stereocenters. The molecule has 1 saturated heterocycles. The summed E-state index contributed by atoms with van der Waals surface area (Å²) < 4.78 is 5.95. The van der Waals surface area contributed by atoms with Crippen LogP contribution in [0.15, 0.2) is 30.3 Å². The molecule has 1 aromatic rings. The van der Waals surface area contributed by atoms with Gasteiger partial charge in [0.25, 0.3) is 0 Å². The van der Waals surface area contributed by atoms with Crippen molar-refractivity contribution in [1.82, 2.24) is 5.32 Å².